The van der Waals surface area contributed by atoms with Crippen molar-refractivity contribution in [1.29, 1.82) is 0 Å². The number of benzene rings is 2. The van der Waals surface area contributed by atoms with E-state index in [4.69, 9.17) is 18.9 Å². The molecule has 0 amide bonds. The molecule has 1 fully saturated rings. The summed E-state index contributed by atoms with van der Waals surface area (Å²) in [5, 5.41) is 0. The zero-order valence-electron chi connectivity index (χ0n) is 14.6. The highest BCUT2D eigenvalue weighted by Gasteiger charge is 2.44. The van der Waals surface area contributed by atoms with Crippen molar-refractivity contribution in [3.05, 3.63) is 65.5 Å². The number of carbonyl (C=O) groups excluding carboxylic acids is 1. The van der Waals surface area contributed by atoms with Crippen LogP contribution in [0.2, 0.25) is 0 Å². The van der Waals surface area contributed by atoms with Crippen LogP contribution in [0.3, 0.4) is 0 Å². The number of halogens is 1. The minimum atomic E-state index is -0.963. The van der Waals surface area contributed by atoms with Gasteiger partial charge in [0.1, 0.15) is 30.4 Å². The topological polar surface area (TPSA) is 54.0 Å². The number of hydrogen-bond donors (Lipinski definition) is 0. The van der Waals surface area contributed by atoms with Crippen molar-refractivity contribution in [2.75, 3.05) is 26.4 Å². The Labute approximate surface area is 151 Å². The lowest BCUT2D eigenvalue weighted by atomic mass is 9.91. The van der Waals surface area contributed by atoms with Gasteiger partial charge in [-0.05, 0) is 24.6 Å². The second kappa shape index (κ2) is 8.29. The first kappa shape index (κ1) is 18.4. The Morgan fingerprint density at radius 3 is 2.58 bits per heavy atom. The summed E-state index contributed by atoms with van der Waals surface area (Å²) in [7, 11) is 0. The van der Waals surface area contributed by atoms with E-state index < -0.39 is 17.4 Å². The molecule has 1 saturated heterocycles. The molecule has 0 aliphatic carbocycles. The van der Waals surface area contributed by atoms with Crippen LogP contribution in [0.1, 0.15) is 18.1 Å². The van der Waals surface area contributed by atoms with E-state index in [0.29, 0.717) is 17.9 Å². The molecule has 2 aromatic carbocycles. The molecule has 0 spiro atoms. The van der Waals surface area contributed by atoms with Crippen LogP contribution < -0.4 is 4.74 Å². The predicted molar refractivity (Wildman–Crippen MR) is 92.3 cm³/mol. The Kier molecular flexibility index (Phi) is 5.85. The van der Waals surface area contributed by atoms with Gasteiger partial charge >= 0.3 is 5.97 Å². The van der Waals surface area contributed by atoms with Crippen LogP contribution in [0, 0.1) is 5.82 Å². The fourth-order valence-electron chi connectivity index (χ4n) is 2.70. The van der Waals surface area contributed by atoms with Crippen LogP contribution in [0.4, 0.5) is 4.39 Å². The molecular weight excluding hydrogens is 339 g/mol. The molecule has 26 heavy (non-hydrogen) atoms. The van der Waals surface area contributed by atoms with Gasteiger partial charge < -0.3 is 18.9 Å². The SMILES string of the molecule is CCOC(=O)COC1(c2ccc(OCc3ccccc3)cc2F)COC1. The first-order chi connectivity index (χ1) is 12.6. The molecule has 1 aliphatic rings. The van der Waals surface area contributed by atoms with Gasteiger partial charge in [0.15, 0.2) is 0 Å². The molecule has 0 aromatic heterocycles. The molecule has 2 aromatic rings. The van der Waals surface area contributed by atoms with E-state index in [2.05, 4.69) is 0 Å². The van der Waals surface area contributed by atoms with Crippen LogP contribution in [-0.4, -0.2) is 32.4 Å². The molecule has 6 heteroatoms. The van der Waals surface area contributed by atoms with Crippen molar-refractivity contribution in [2.45, 2.75) is 19.1 Å². The summed E-state index contributed by atoms with van der Waals surface area (Å²) in [4.78, 5) is 11.5. The van der Waals surface area contributed by atoms with Crippen molar-refractivity contribution in [2.24, 2.45) is 0 Å². The van der Waals surface area contributed by atoms with Gasteiger partial charge in [0.2, 0.25) is 0 Å². The van der Waals surface area contributed by atoms with Crippen molar-refractivity contribution in [3.63, 3.8) is 0 Å². The third-order valence-corrected chi connectivity index (χ3v) is 4.12. The number of hydrogen-bond acceptors (Lipinski definition) is 5. The molecule has 0 unspecified atom stereocenters. The van der Waals surface area contributed by atoms with Crippen LogP contribution in [0.25, 0.3) is 0 Å². The van der Waals surface area contributed by atoms with Crippen LogP contribution in [-0.2, 0) is 31.2 Å². The summed E-state index contributed by atoms with van der Waals surface area (Å²) in [6, 6.07) is 14.3. The summed E-state index contributed by atoms with van der Waals surface area (Å²) in [6.45, 7) is 2.47. The molecule has 138 valence electrons. The summed E-state index contributed by atoms with van der Waals surface area (Å²) in [5.41, 5.74) is 0.383. The van der Waals surface area contributed by atoms with Gasteiger partial charge in [0.05, 0.1) is 19.8 Å². The van der Waals surface area contributed by atoms with Gasteiger partial charge in [-0.15, -0.1) is 0 Å². The minimum Gasteiger partial charge on any atom is -0.489 e. The largest absolute Gasteiger partial charge is 0.489 e. The Morgan fingerprint density at radius 1 is 1.19 bits per heavy atom. The molecule has 0 N–H and O–H groups in total. The van der Waals surface area contributed by atoms with Crippen LogP contribution in [0.5, 0.6) is 5.75 Å². The van der Waals surface area contributed by atoms with Crippen LogP contribution in [0.15, 0.2) is 48.5 Å². The van der Waals surface area contributed by atoms with E-state index >= 15 is 0 Å². The fourth-order valence-corrected chi connectivity index (χ4v) is 2.70. The average molecular weight is 360 g/mol. The predicted octanol–water partition coefficient (Wildman–Crippen LogP) is 3.21. The van der Waals surface area contributed by atoms with E-state index in [0.717, 1.165) is 5.56 Å². The Hall–Kier alpha value is -2.44. The Bertz CT molecular complexity index is 743. The second-order valence-corrected chi connectivity index (χ2v) is 6.00. The quantitative estimate of drug-likeness (QED) is 0.677. The number of ether oxygens (including phenoxy) is 4. The van der Waals surface area contributed by atoms with E-state index in [1.54, 1.807) is 19.1 Å². The molecule has 1 aliphatic heterocycles. The third kappa shape index (κ3) is 4.20. The maximum Gasteiger partial charge on any atom is 0.332 e. The van der Waals surface area contributed by atoms with E-state index in [-0.39, 0.29) is 26.4 Å². The van der Waals surface area contributed by atoms with Gasteiger partial charge in [-0.3, -0.25) is 0 Å². The highest BCUT2D eigenvalue weighted by molar-refractivity contribution is 5.70. The first-order valence-electron chi connectivity index (χ1n) is 8.47. The molecule has 0 atom stereocenters. The van der Waals surface area contributed by atoms with Crippen LogP contribution >= 0.6 is 0 Å². The van der Waals surface area contributed by atoms with Gasteiger partial charge in [-0.25, -0.2) is 9.18 Å². The fraction of sp³-hybridized carbons (Fsp3) is 0.350. The van der Waals surface area contributed by atoms with E-state index in [1.807, 2.05) is 30.3 Å². The van der Waals surface area contributed by atoms with Gasteiger partial charge in [0.25, 0.3) is 0 Å². The average Bonchev–Trinajstić information content (AvgIpc) is 2.61. The van der Waals surface area contributed by atoms with E-state index in [9.17, 15) is 9.18 Å². The molecule has 1 heterocycles. The lowest BCUT2D eigenvalue weighted by molar-refractivity contribution is -0.222. The van der Waals surface area contributed by atoms with E-state index in [1.165, 1.54) is 6.07 Å². The zero-order chi connectivity index (χ0) is 18.4. The smallest absolute Gasteiger partial charge is 0.332 e. The molecule has 0 bridgehead atoms. The molecule has 3 rings (SSSR count). The summed E-state index contributed by atoms with van der Waals surface area (Å²) in [5.74, 6) is -0.513. The van der Waals surface area contributed by atoms with Crippen molar-refractivity contribution in [1.82, 2.24) is 0 Å². The maximum absolute atomic E-state index is 14.6. The van der Waals surface area contributed by atoms with Gasteiger partial charge in [0, 0.05) is 11.6 Å². The summed E-state index contributed by atoms with van der Waals surface area (Å²) in [6.07, 6.45) is 0. The number of esters is 1. The lowest BCUT2D eigenvalue weighted by Gasteiger charge is -2.41. The third-order valence-electron chi connectivity index (χ3n) is 4.12. The highest BCUT2D eigenvalue weighted by atomic mass is 19.1. The highest BCUT2D eigenvalue weighted by Crippen LogP contribution is 2.36. The summed E-state index contributed by atoms with van der Waals surface area (Å²) < 4.78 is 36.0. The van der Waals surface area contributed by atoms with Gasteiger partial charge in [-0.2, -0.15) is 0 Å². The van der Waals surface area contributed by atoms with Crippen molar-refractivity contribution in [3.8, 4) is 5.75 Å². The molecular formula is C20H21FO5. The maximum atomic E-state index is 14.6. The number of rotatable bonds is 8. The number of carbonyl (C=O) groups is 1. The Morgan fingerprint density at radius 2 is 1.96 bits per heavy atom. The lowest BCUT2D eigenvalue weighted by Crippen LogP contribution is -2.50. The van der Waals surface area contributed by atoms with Gasteiger partial charge in [-0.1, -0.05) is 30.3 Å². The first-order valence-corrected chi connectivity index (χ1v) is 8.47. The molecule has 0 saturated carbocycles. The van der Waals surface area contributed by atoms with Crippen molar-refractivity contribution < 1.29 is 28.1 Å². The minimum absolute atomic E-state index is 0.188. The molecule has 0 radical (unpaired) electrons. The second-order valence-electron chi connectivity index (χ2n) is 6.00. The van der Waals surface area contributed by atoms with Crippen molar-refractivity contribution >= 4 is 5.97 Å². The summed E-state index contributed by atoms with van der Waals surface area (Å²) >= 11 is 0. The monoisotopic (exact) mass is 360 g/mol. The normalized spacial score (nSPS) is 15.2. The molecule has 5 nitrogen and oxygen atoms in total. The standard InChI is InChI=1S/C20H21FO5/c1-2-24-19(22)12-26-20(13-23-14-20)17-9-8-16(10-18(17)21)25-11-15-6-4-3-5-7-15/h3-10H,2,11-14H2,1H3. The Balaban J connectivity index is 1.66. The zero-order valence-corrected chi connectivity index (χ0v) is 14.6.